The third-order valence-corrected chi connectivity index (χ3v) is 9.84. The number of hydrogen-bond acceptors (Lipinski definition) is 11. The summed E-state index contributed by atoms with van der Waals surface area (Å²) in [4.78, 5) is 28.1. The molecule has 1 fully saturated rings. The van der Waals surface area contributed by atoms with Crippen LogP contribution >= 0.6 is 31.3 Å². The molecule has 2 heterocycles. The van der Waals surface area contributed by atoms with Crippen LogP contribution in [0, 0.1) is 5.41 Å². The monoisotopic (exact) mass is 572 g/mol. The van der Waals surface area contributed by atoms with Crippen molar-refractivity contribution in [3.63, 3.8) is 0 Å². The van der Waals surface area contributed by atoms with Crippen molar-refractivity contribution in [3.8, 4) is 0 Å². The van der Waals surface area contributed by atoms with E-state index in [1.807, 2.05) is 30.3 Å². The predicted octanol–water partition coefficient (Wildman–Crippen LogP) is 2.40. The molecule has 1 aliphatic rings. The molecule has 0 bridgehead atoms. The van der Waals surface area contributed by atoms with E-state index in [9.17, 15) is 24.4 Å². The zero-order chi connectivity index (χ0) is 27.1. The summed E-state index contributed by atoms with van der Waals surface area (Å²) >= 11 is 2.31. The fourth-order valence-corrected chi connectivity index (χ4v) is 7.16. The van der Waals surface area contributed by atoms with Gasteiger partial charge in [0.15, 0.2) is 5.12 Å². The van der Waals surface area contributed by atoms with Gasteiger partial charge in [-0.3, -0.25) is 18.4 Å². The van der Waals surface area contributed by atoms with Crippen molar-refractivity contribution in [1.29, 1.82) is 0 Å². The second-order valence-corrected chi connectivity index (χ2v) is 13.4. The molecule has 1 aromatic heterocycles. The second-order valence-electron chi connectivity index (χ2n) is 9.12. The fourth-order valence-electron chi connectivity index (χ4n) is 3.35. The van der Waals surface area contributed by atoms with E-state index in [0.717, 1.165) is 17.3 Å². The Hall–Kier alpha value is -1.70. The normalized spacial score (nSPS) is 21.6. The Kier molecular flexibility index (Phi) is 10.8. The number of nitrogens with one attached hydrogen (secondary N) is 1. The summed E-state index contributed by atoms with van der Waals surface area (Å²) in [7, 11) is -3.79. The minimum atomic E-state index is -3.79. The first-order chi connectivity index (χ1) is 17.5. The number of aliphatic hydroxyl groups excluding tert-OH is 2. The van der Waals surface area contributed by atoms with Crippen molar-refractivity contribution >= 4 is 42.2 Å². The molecule has 204 valence electrons. The van der Waals surface area contributed by atoms with E-state index in [1.165, 1.54) is 28.6 Å². The molecule has 14 heteroatoms. The van der Waals surface area contributed by atoms with Gasteiger partial charge in [0.2, 0.25) is 0 Å². The molecule has 0 aliphatic carbocycles. The third kappa shape index (κ3) is 8.66. The molecule has 4 atom stereocenters. The van der Waals surface area contributed by atoms with Gasteiger partial charge in [-0.05, 0) is 31.9 Å². The Bertz CT molecular complexity index is 1150. The molecule has 1 aliphatic heterocycles. The standard InChI is InChI=1S/C23H33N4O7PS2/c1-23(2,15-28)21(30)36-11-10-33-35(32,25-13-16-6-4-3-5-7-16)34-14-17-12-18(29)20(37-17)27-9-8-19(24)26-22(27)31/h3-9,17-18,20,28-29H,10-15H2,1-2H3,(H,25,32)(H2,24,26,31). The number of nitrogens with zero attached hydrogens (tertiary/aromatic N) is 2. The number of anilines is 1. The van der Waals surface area contributed by atoms with Gasteiger partial charge in [-0.2, -0.15) is 4.98 Å². The number of nitrogen functional groups attached to an aromatic ring is 1. The number of aliphatic hydroxyl groups is 2. The van der Waals surface area contributed by atoms with Crippen LogP contribution in [-0.2, 0) is 25.0 Å². The highest BCUT2D eigenvalue weighted by atomic mass is 32.2. The van der Waals surface area contributed by atoms with Crippen LogP contribution in [0.2, 0.25) is 0 Å². The van der Waals surface area contributed by atoms with E-state index in [1.54, 1.807) is 13.8 Å². The maximum absolute atomic E-state index is 13.5. The average molecular weight is 573 g/mol. The van der Waals surface area contributed by atoms with E-state index in [0.29, 0.717) is 6.42 Å². The smallest absolute Gasteiger partial charge is 0.395 e. The Balaban J connectivity index is 1.60. The highest BCUT2D eigenvalue weighted by molar-refractivity contribution is 8.13. The van der Waals surface area contributed by atoms with Crippen molar-refractivity contribution in [2.24, 2.45) is 5.41 Å². The van der Waals surface area contributed by atoms with Crippen molar-refractivity contribution in [2.75, 3.05) is 31.3 Å². The summed E-state index contributed by atoms with van der Waals surface area (Å²) in [6.07, 6.45) is 0.962. The van der Waals surface area contributed by atoms with Crippen LogP contribution in [-0.4, -0.2) is 61.8 Å². The van der Waals surface area contributed by atoms with Gasteiger partial charge in [0, 0.05) is 23.7 Å². The molecule has 0 saturated carbocycles. The number of aromatic nitrogens is 2. The highest BCUT2D eigenvalue weighted by Gasteiger charge is 2.37. The lowest BCUT2D eigenvalue weighted by Crippen LogP contribution is -2.29. The van der Waals surface area contributed by atoms with Gasteiger partial charge in [0.05, 0.1) is 31.3 Å². The Morgan fingerprint density at radius 2 is 2.05 bits per heavy atom. The number of nitrogens with two attached hydrogens (primary N) is 1. The zero-order valence-electron chi connectivity index (χ0n) is 20.7. The summed E-state index contributed by atoms with van der Waals surface area (Å²) in [6, 6.07) is 10.8. The molecular weight excluding hydrogens is 539 g/mol. The van der Waals surface area contributed by atoms with Gasteiger partial charge in [-0.25, -0.2) is 14.4 Å². The Morgan fingerprint density at radius 1 is 1.32 bits per heavy atom. The zero-order valence-corrected chi connectivity index (χ0v) is 23.2. The topological polar surface area (TPSA) is 166 Å². The number of carbonyl (C=O) groups excluding carboxylic acids is 1. The first kappa shape index (κ1) is 29.9. The molecule has 0 amide bonds. The van der Waals surface area contributed by atoms with E-state index in [4.69, 9.17) is 14.8 Å². The van der Waals surface area contributed by atoms with E-state index < -0.39 is 30.3 Å². The van der Waals surface area contributed by atoms with E-state index in [-0.39, 0.29) is 48.3 Å². The van der Waals surface area contributed by atoms with Crippen LogP contribution in [0.4, 0.5) is 5.82 Å². The number of hydrogen-bond donors (Lipinski definition) is 4. The summed E-state index contributed by atoms with van der Waals surface area (Å²) in [6.45, 7) is 3.23. The lowest BCUT2D eigenvalue weighted by Gasteiger charge is -2.22. The number of rotatable bonds is 13. The molecular formula is C23H33N4O7PS2. The molecule has 1 saturated heterocycles. The van der Waals surface area contributed by atoms with Crippen LogP contribution in [0.25, 0.3) is 0 Å². The average Bonchev–Trinajstić information content (AvgIpc) is 3.25. The van der Waals surface area contributed by atoms with Crippen LogP contribution in [0.3, 0.4) is 0 Å². The lowest BCUT2D eigenvalue weighted by atomic mass is 9.97. The molecule has 2 aromatic rings. The molecule has 1 aromatic carbocycles. The van der Waals surface area contributed by atoms with Gasteiger partial charge in [-0.1, -0.05) is 42.1 Å². The SMILES string of the molecule is CC(C)(CO)C(=O)SCCOP(=O)(NCc1ccccc1)OCC1CC(O)C(n2ccc(N)nc2=O)S1. The van der Waals surface area contributed by atoms with Crippen molar-refractivity contribution < 1.29 is 28.6 Å². The summed E-state index contributed by atoms with van der Waals surface area (Å²) in [5, 5.41) is 21.7. The molecule has 3 rings (SSSR count). The summed E-state index contributed by atoms with van der Waals surface area (Å²) in [5.74, 6) is 0.329. The van der Waals surface area contributed by atoms with Gasteiger partial charge in [0.25, 0.3) is 0 Å². The number of thioether (sulfide) groups is 2. The molecule has 37 heavy (non-hydrogen) atoms. The van der Waals surface area contributed by atoms with Crippen LogP contribution in [0.1, 0.15) is 31.2 Å². The maximum Gasteiger partial charge on any atom is 0.405 e. The second kappa shape index (κ2) is 13.4. The molecule has 4 unspecified atom stereocenters. The summed E-state index contributed by atoms with van der Waals surface area (Å²) < 4.78 is 26.2. The third-order valence-electron chi connectivity index (χ3n) is 5.57. The van der Waals surface area contributed by atoms with Crippen molar-refractivity contribution in [2.45, 2.75) is 43.5 Å². The predicted molar refractivity (Wildman–Crippen MR) is 145 cm³/mol. The molecule has 0 spiro atoms. The lowest BCUT2D eigenvalue weighted by molar-refractivity contribution is -0.119. The Morgan fingerprint density at radius 3 is 2.73 bits per heavy atom. The van der Waals surface area contributed by atoms with Gasteiger partial charge >= 0.3 is 13.4 Å². The first-order valence-corrected chi connectivity index (χ1v) is 15.1. The van der Waals surface area contributed by atoms with Gasteiger partial charge in [0.1, 0.15) is 11.2 Å². The number of benzene rings is 1. The molecule has 0 radical (unpaired) electrons. The van der Waals surface area contributed by atoms with Crippen molar-refractivity contribution in [1.82, 2.24) is 14.6 Å². The number of carbonyl (C=O) groups is 1. The van der Waals surface area contributed by atoms with Gasteiger partial charge in [-0.15, -0.1) is 11.8 Å². The maximum atomic E-state index is 13.5. The van der Waals surface area contributed by atoms with Crippen molar-refractivity contribution in [3.05, 3.63) is 58.6 Å². The minimum absolute atomic E-state index is 0.00192. The largest absolute Gasteiger partial charge is 0.405 e. The summed E-state index contributed by atoms with van der Waals surface area (Å²) in [5.41, 5.74) is 4.99. The first-order valence-electron chi connectivity index (χ1n) is 11.7. The van der Waals surface area contributed by atoms with Crippen LogP contribution < -0.4 is 16.5 Å². The van der Waals surface area contributed by atoms with Crippen LogP contribution in [0.15, 0.2) is 47.4 Å². The fraction of sp³-hybridized carbons (Fsp3) is 0.522. The minimum Gasteiger partial charge on any atom is -0.395 e. The molecule has 11 nitrogen and oxygen atoms in total. The van der Waals surface area contributed by atoms with Gasteiger partial charge < -0.3 is 15.9 Å². The van der Waals surface area contributed by atoms with Crippen LogP contribution in [0.5, 0.6) is 0 Å². The quantitative estimate of drug-likeness (QED) is 0.205. The highest BCUT2D eigenvalue weighted by Crippen LogP contribution is 2.48. The van der Waals surface area contributed by atoms with E-state index in [2.05, 4.69) is 10.1 Å². The van der Waals surface area contributed by atoms with E-state index >= 15 is 0 Å². The molecule has 5 N–H and O–H groups in total. The Labute approximate surface area is 224 Å².